The van der Waals surface area contributed by atoms with Crippen LogP contribution in [0.25, 0.3) is 11.5 Å². The normalized spacial score (nSPS) is 19.3. The molecule has 6 nitrogen and oxygen atoms in total. The summed E-state index contributed by atoms with van der Waals surface area (Å²) in [6, 6.07) is 7.02. The molecule has 0 bridgehead atoms. The minimum Gasteiger partial charge on any atom is -0.432 e. The molecule has 26 heavy (non-hydrogen) atoms. The first-order valence-corrected chi connectivity index (χ1v) is 9.10. The van der Waals surface area contributed by atoms with E-state index in [2.05, 4.69) is 14.9 Å². The number of hydrogen-bond acceptors (Lipinski definition) is 6. The van der Waals surface area contributed by atoms with E-state index in [0.717, 1.165) is 19.6 Å². The van der Waals surface area contributed by atoms with E-state index >= 15 is 0 Å². The molecule has 2 aromatic rings. The lowest BCUT2D eigenvalue weighted by Gasteiger charge is -2.13. The van der Waals surface area contributed by atoms with E-state index in [9.17, 15) is 9.59 Å². The highest BCUT2D eigenvalue weighted by molar-refractivity contribution is 6.52. The van der Waals surface area contributed by atoms with E-state index in [1.54, 1.807) is 24.3 Å². The average molecular weight is 372 g/mol. The number of carbonyl (C=O) groups is 2. The van der Waals surface area contributed by atoms with Crippen LogP contribution in [0.2, 0.25) is 5.02 Å². The lowest BCUT2D eigenvalue weighted by Crippen LogP contribution is -2.28. The molecule has 1 aromatic carbocycles. The van der Waals surface area contributed by atoms with Crippen molar-refractivity contribution >= 4 is 28.9 Å². The second kappa shape index (κ2) is 7.13. The Morgan fingerprint density at radius 2 is 1.96 bits per heavy atom. The van der Waals surface area contributed by atoms with E-state index in [-0.39, 0.29) is 41.0 Å². The van der Waals surface area contributed by atoms with Crippen LogP contribution in [0.3, 0.4) is 0 Å². The number of hydrogen-bond donors (Lipinski definition) is 0. The fourth-order valence-electron chi connectivity index (χ4n) is 3.32. The SMILES string of the molecule is O=C1C(=NCCN2CCCC2)CC(=O)c2oc(-c3ccccc3Cl)nc21. The van der Waals surface area contributed by atoms with Gasteiger partial charge in [-0.2, -0.15) is 0 Å². The lowest BCUT2D eigenvalue weighted by molar-refractivity contribution is 0.0940. The topological polar surface area (TPSA) is 75.8 Å². The van der Waals surface area contributed by atoms with E-state index in [1.807, 2.05) is 0 Å². The van der Waals surface area contributed by atoms with Crippen LogP contribution in [0.1, 0.15) is 40.3 Å². The number of Topliss-reactive ketones (excluding diaryl/α,β-unsaturated/α-hetero) is 2. The van der Waals surface area contributed by atoms with Crippen LogP contribution in [-0.2, 0) is 0 Å². The molecule has 0 unspecified atom stereocenters. The monoisotopic (exact) mass is 371 g/mol. The third kappa shape index (κ3) is 3.22. The van der Waals surface area contributed by atoms with Gasteiger partial charge in [-0.15, -0.1) is 0 Å². The van der Waals surface area contributed by atoms with Gasteiger partial charge in [-0.25, -0.2) is 4.98 Å². The third-order valence-electron chi connectivity index (χ3n) is 4.71. The fraction of sp³-hybridized carbons (Fsp3) is 0.368. The highest BCUT2D eigenvalue weighted by Gasteiger charge is 2.35. The predicted molar refractivity (Wildman–Crippen MR) is 98.2 cm³/mol. The second-order valence-electron chi connectivity index (χ2n) is 6.48. The molecule has 0 radical (unpaired) electrons. The molecule has 1 fully saturated rings. The van der Waals surface area contributed by atoms with Crippen molar-refractivity contribution in [1.82, 2.24) is 9.88 Å². The highest BCUT2D eigenvalue weighted by Crippen LogP contribution is 2.31. The Bertz CT molecular complexity index is 897. The van der Waals surface area contributed by atoms with Gasteiger partial charge in [0.1, 0.15) is 0 Å². The molecule has 7 heteroatoms. The van der Waals surface area contributed by atoms with Crippen molar-refractivity contribution in [1.29, 1.82) is 0 Å². The van der Waals surface area contributed by atoms with Crippen LogP contribution in [0.4, 0.5) is 0 Å². The maximum atomic E-state index is 12.7. The van der Waals surface area contributed by atoms with Crippen LogP contribution in [0.15, 0.2) is 33.7 Å². The maximum absolute atomic E-state index is 12.7. The summed E-state index contributed by atoms with van der Waals surface area (Å²) in [5.41, 5.74) is 0.855. The van der Waals surface area contributed by atoms with Gasteiger partial charge >= 0.3 is 0 Å². The first-order chi connectivity index (χ1) is 12.6. The molecule has 0 N–H and O–H groups in total. The zero-order valence-electron chi connectivity index (χ0n) is 14.2. The maximum Gasteiger partial charge on any atom is 0.229 e. The summed E-state index contributed by atoms with van der Waals surface area (Å²) in [5.74, 6) is -0.419. The number of benzene rings is 1. The van der Waals surface area contributed by atoms with Gasteiger partial charge in [-0.05, 0) is 38.1 Å². The van der Waals surface area contributed by atoms with E-state index in [0.29, 0.717) is 17.1 Å². The van der Waals surface area contributed by atoms with E-state index < -0.39 is 0 Å². The van der Waals surface area contributed by atoms with Crippen molar-refractivity contribution in [2.45, 2.75) is 19.3 Å². The molecular formula is C19H18ClN3O3. The first-order valence-electron chi connectivity index (χ1n) is 8.73. The Morgan fingerprint density at radius 1 is 1.19 bits per heavy atom. The molecule has 4 rings (SSSR count). The van der Waals surface area contributed by atoms with E-state index in [4.69, 9.17) is 16.0 Å². The zero-order chi connectivity index (χ0) is 18.1. The minimum atomic E-state index is -0.330. The van der Waals surface area contributed by atoms with Crippen LogP contribution in [0, 0.1) is 0 Å². The Kier molecular flexibility index (Phi) is 4.70. The zero-order valence-corrected chi connectivity index (χ0v) is 15.0. The van der Waals surface area contributed by atoms with Crippen molar-refractivity contribution in [3.8, 4) is 11.5 Å². The quantitative estimate of drug-likeness (QED) is 0.824. The summed E-state index contributed by atoms with van der Waals surface area (Å²) >= 11 is 6.16. The summed E-state index contributed by atoms with van der Waals surface area (Å²) in [4.78, 5) is 36.0. The molecule has 134 valence electrons. The van der Waals surface area contributed by atoms with Gasteiger partial charge in [0.05, 0.1) is 29.3 Å². The number of nitrogens with zero attached hydrogens (tertiary/aromatic N) is 3. The van der Waals surface area contributed by atoms with E-state index in [1.165, 1.54) is 12.8 Å². The molecule has 0 spiro atoms. The molecule has 0 saturated carbocycles. The summed E-state index contributed by atoms with van der Waals surface area (Å²) < 4.78 is 5.56. The Labute approximate surface area is 155 Å². The van der Waals surface area contributed by atoms with Gasteiger partial charge in [0.25, 0.3) is 0 Å². The fourth-order valence-corrected chi connectivity index (χ4v) is 3.54. The summed E-state index contributed by atoms with van der Waals surface area (Å²) in [6.45, 7) is 3.47. The second-order valence-corrected chi connectivity index (χ2v) is 6.89. The molecule has 0 atom stereocenters. The smallest absolute Gasteiger partial charge is 0.229 e. The molecule has 1 aliphatic carbocycles. The van der Waals surface area contributed by atoms with Crippen molar-refractivity contribution in [3.63, 3.8) is 0 Å². The van der Waals surface area contributed by atoms with Crippen molar-refractivity contribution in [2.75, 3.05) is 26.2 Å². The molecule has 2 heterocycles. The molecule has 2 aliphatic rings. The third-order valence-corrected chi connectivity index (χ3v) is 5.04. The summed E-state index contributed by atoms with van der Waals surface area (Å²) in [7, 11) is 0. The average Bonchev–Trinajstić information content (AvgIpc) is 3.29. The predicted octanol–water partition coefficient (Wildman–Crippen LogP) is 3.30. The Balaban J connectivity index is 1.57. The van der Waals surface area contributed by atoms with Crippen molar-refractivity contribution in [3.05, 3.63) is 40.7 Å². The Hall–Kier alpha value is -2.31. The number of aromatic nitrogens is 1. The van der Waals surface area contributed by atoms with Gasteiger partial charge < -0.3 is 9.32 Å². The largest absolute Gasteiger partial charge is 0.432 e. The molecule has 1 saturated heterocycles. The van der Waals surface area contributed by atoms with Crippen LogP contribution < -0.4 is 0 Å². The number of rotatable bonds is 4. The summed E-state index contributed by atoms with van der Waals surface area (Å²) in [5, 5.41) is 0.450. The molecule has 1 aromatic heterocycles. The van der Waals surface area contributed by atoms with Gasteiger partial charge in [0.15, 0.2) is 5.69 Å². The standard InChI is InChI=1S/C19H18ClN3O3/c20-13-6-2-1-5-12(13)19-22-16-17(25)14(11-15(24)18(16)26-19)21-7-10-23-8-3-4-9-23/h1-2,5-6H,3-4,7-11H2. The van der Waals surface area contributed by atoms with Crippen molar-refractivity contribution < 1.29 is 14.0 Å². The number of likely N-dealkylation sites (tertiary alicyclic amines) is 1. The molecule has 0 amide bonds. The van der Waals surface area contributed by atoms with Crippen LogP contribution in [-0.4, -0.2) is 53.3 Å². The highest BCUT2D eigenvalue weighted by atomic mass is 35.5. The van der Waals surface area contributed by atoms with Gasteiger partial charge in [-0.1, -0.05) is 23.7 Å². The van der Waals surface area contributed by atoms with Gasteiger partial charge in [-0.3, -0.25) is 14.6 Å². The first kappa shape index (κ1) is 17.1. The lowest BCUT2D eigenvalue weighted by atomic mass is 9.97. The molecule has 1 aliphatic heterocycles. The number of carbonyl (C=O) groups excluding carboxylic acids is 2. The van der Waals surface area contributed by atoms with Crippen molar-refractivity contribution in [2.24, 2.45) is 4.99 Å². The van der Waals surface area contributed by atoms with Gasteiger partial charge in [0, 0.05) is 6.54 Å². The number of fused-ring (bicyclic) bond motifs is 1. The minimum absolute atomic E-state index is 0.00316. The Morgan fingerprint density at radius 3 is 2.73 bits per heavy atom. The number of aliphatic imine (C=N–C) groups is 1. The van der Waals surface area contributed by atoms with Gasteiger partial charge in [0.2, 0.25) is 23.2 Å². The van der Waals surface area contributed by atoms with Crippen LogP contribution in [0.5, 0.6) is 0 Å². The molecular weight excluding hydrogens is 354 g/mol. The number of ketones is 2. The summed E-state index contributed by atoms with van der Waals surface area (Å²) in [6.07, 6.45) is 2.38. The number of oxazole rings is 1. The number of halogens is 1. The van der Waals surface area contributed by atoms with Crippen LogP contribution >= 0.6 is 11.6 Å².